The second-order valence-electron chi connectivity index (χ2n) is 6.46. The van der Waals surface area contributed by atoms with E-state index in [-0.39, 0.29) is 18.0 Å². The van der Waals surface area contributed by atoms with Crippen molar-refractivity contribution in [2.75, 3.05) is 26.2 Å². The van der Waals surface area contributed by atoms with Gasteiger partial charge in [-0.1, -0.05) is 30.3 Å². The summed E-state index contributed by atoms with van der Waals surface area (Å²) < 4.78 is 0. The molecule has 0 atom stereocenters. The molecule has 1 saturated heterocycles. The SMILES string of the molecule is O=C(c1cc([N+](=O)[O-])cc([N+](=O)[O-])c1)N1CC[NH+](Cc2ccccc2)CC1.[Cl-]. The number of nitro benzene ring substituents is 2. The molecule has 1 aliphatic heterocycles. The van der Waals surface area contributed by atoms with Crippen molar-refractivity contribution in [3.63, 3.8) is 0 Å². The van der Waals surface area contributed by atoms with Gasteiger partial charge >= 0.3 is 0 Å². The van der Waals surface area contributed by atoms with Gasteiger partial charge in [-0.2, -0.15) is 0 Å². The van der Waals surface area contributed by atoms with Gasteiger partial charge in [0.15, 0.2) is 0 Å². The molecule has 0 bridgehead atoms. The molecule has 0 aliphatic carbocycles. The lowest BCUT2D eigenvalue weighted by atomic mass is 10.1. The number of nitro groups is 2. The molecule has 1 N–H and O–H groups in total. The second-order valence-corrected chi connectivity index (χ2v) is 6.46. The number of piperazine rings is 1. The Kier molecular flexibility index (Phi) is 7.02. The maximum absolute atomic E-state index is 12.7. The van der Waals surface area contributed by atoms with Gasteiger partial charge in [-0.3, -0.25) is 25.0 Å². The third kappa shape index (κ3) is 5.02. The minimum absolute atomic E-state index is 0. The lowest BCUT2D eigenvalue weighted by Crippen LogP contribution is -3.13. The van der Waals surface area contributed by atoms with Gasteiger partial charge in [0.1, 0.15) is 6.54 Å². The summed E-state index contributed by atoms with van der Waals surface area (Å²) in [5, 5.41) is 22.0. The predicted octanol–water partition coefficient (Wildman–Crippen LogP) is -1.95. The monoisotopic (exact) mass is 406 g/mol. The van der Waals surface area contributed by atoms with Gasteiger partial charge in [0.2, 0.25) is 0 Å². The molecule has 0 radical (unpaired) electrons. The number of nitrogens with one attached hydrogen (secondary N) is 1. The van der Waals surface area contributed by atoms with E-state index in [2.05, 4.69) is 12.1 Å². The predicted molar refractivity (Wildman–Crippen MR) is 96.5 cm³/mol. The smallest absolute Gasteiger partial charge is 0.277 e. The molecule has 0 aromatic heterocycles. The Morgan fingerprint density at radius 3 is 2.00 bits per heavy atom. The highest BCUT2D eigenvalue weighted by Crippen LogP contribution is 2.23. The fourth-order valence-electron chi connectivity index (χ4n) is 3.20. The number of nitrogens with zero attached hydrogens (tertiary/aromatic N) is 3. The molecule has 1 fully saturated rings. The summed E-state index contributed by atoms with van der Waals surface area (Å²) in [4.78, 5) is 36.2. The molecule has 9 nitrogen and oxygen atoms in total. The number of hydrogen-bond acceptors (Lipinski definition) is 5. The second kappa shape index (κ2) is 9.25. The van der Waals surface area contributed by atoms with E-state index in [0.29, 0.717) is 13.1 Å². The van der Waals surface area contributed by atoms with Gasteiger partial charge < -0.3 is 22.2 Å². The lowest BCUT2D eigenvalue weighted by Gasteiger charge is -2.32. The summed E-state index contributed by atoms with van der Waals surface area (Å²) >= 11 is 0. The lowest BCUT2D eigenvalue weighted by molar-refractivity contribution is -0.917. The number of amides is 1. The highest BCUT2D eigenvalue weighted by molar-refractivity contribution is 5.95. The van der Waals surface area contributed by atoms with Crippen LogP contribution in [0.4, 0.5) is 11.4 Å². The number of hydrogen-bond donors (Lipinski definition) is 1. The summed E-state index contributed by atoms with van der Waals surface area (Å²) in [7, 11) is 0. The first kappa shape index (κ1) is 21.3. The Hall–Kier alpha value is -3.04. The molecule has 2 aromatic carbocycles. The van der Waals surface area contributed by atoms with Crippen LogP contribution in [-0.2, 0) is 6.54 Å². The van der Waals surface area contributed by atoms with E-state index in [1.807, 2.05) is 18.2 Å². The van der Waals surface area contributed by atoms with Crippen molar-refractivity contribution in [2.45, 2.75) is 6.54 Å². The number of halogens is 1. The molecule has 0 spiro atoms. The van der Waals surface area contributed by atoms with Gasteiger partial charge in [-0.05, 0) is 0 Å². The summed E-state index contributed by atoms with van der Waals surface area (Å²) in [5.41, 5.74) is 0.283. The molecule has 0 unspecified atom stereocenters. The molecule has 2 aromatic rings. The third-order valence-electron chi connectivity index (χ3n) is 4.63. The van der Waals surface area contributed by atoms with Crippen molar-refractivity contribution in [1.29, 1.82) is 0 Å². The molecule has 3 rings (SSSR count). The molecule has 1 amide bonds. The number of rotatable bonds is 5. The Morgan fingerprint density at radius 1 is 0.964 bits per heavy atom. The van der Waals surface area contributed by atoms with Crippen LogP contribution in [0.25, 0.3) is 0 Å². The van der Waals surface area contributed by atoms with Crippen LogP contribution < -0.4 is 17.3 Å². The van der Waals surface area contributed by atoms with Crippen LogP contribution in [-0.4, -0.2) is 46.8 Å². The number of benzene rings is 2. The molecule has 148 valence electrons. The molecular formula is C18H19ClN4O5. The summed E-state index contributed by atoms with van der Waals surface area (Å²) in [6.07, 6.45) is 0. The first-order valence-electron chi connectivity index (χ1n) is 8.54. The van der Waals surface area contributed by atoms with Crippen LogP contribution in [0.5, 0.6) is 0 Å². The van der Waals surface area contributed by atoms with Crippen molar-refractivity contribution in [1.82, 2.24) is 4.90 Å². The van der Waals surface area contributed by atoms with Crippen molar-refractivity contribution in [2.24, 2.45) is 0 Å². The van der Waals surface area contributed by atoms with Crippen LogP contribution in [0.15, 0.2) is 48.5 Å². The van der Waals surface area contributed by atoms with E-state index in [1.54, 1.807) is 4.90 Å². The van der Waals surface area contributed by atoms with Gasteiger partial charge in [0.05, 0.1) is 47.7 Å². The van der Waals surface area contributed by atoms with Gasteiger partial charge in [-0.25, -0.2) is 0 Å². The topological polar surface area (TPSA) is 111 Å². The van der Waals surface area contributed by atoms with Crippen LogP contribution in [0, 0.1) is 20.2 Å². The first-order valence-corrected chi connectivity index (χ1v) is 8.54. The van der Waals surface area contributed by atoms with E-state index >= 15 is 0 Å². The van der Waals surface area contributed by atoms with Crippen LogP contribution in [0.1, 0.15) is 15.9 Å². The molecular weight excluding hydrogens is 388 g/mol. The minimum atomic E-state index is -0.730. The van der Waals surface area contributed by atoms with Crippen LogP contribution in [0.3, 0.4) is 0 Å². The zero-order valence-electron chi connectivity index (χ0n) is 14.9. The van der Waals surface area contributed by atoms with Crippen LogP contribution in [0.2, 0.25) is 0 Å². The molecule has 10 heteroatoms. The van der Waals surface area contributed by atoms with E-state index in [4.69, 9.17) is 0 Å². The largest absolute Gasteiger partial charge is 1.00 e. The highest BCUT2D eigenvalue weighted by Gasteiger charge is 2.27. The fraction of sp³-hybridized carbons (Fsp3) is 0.278. The van der Waals surface area contributed by atoms with E-state index in [9.17, 15) is 25.0 Å². The molecule has 28 heavy (non-hydrogen) atoms. The average Bonchev–Trinajstić information content (AvgIpc) is 2.68. The quantitative estimate of drug-likeness (QED) is 0.458. The Labute approximate surface area is 167 Å². The maximum Gasteiger partial charge on any atom is 0.277 e. The number of quaternary nitrogens is 1. The summed E-state index contributed by atoms with van der Waals surface area (Å²) in [6.45, 7) is 3.36. The Morgan fingerprint density at radius 2 is 1.50 bits per heavy atom. The molecule has 1 aliphatic rings. The average molecular weight is 407 g/mol. The van der Waals surface area contributed by atoms with Gasteiger partial charge in [0, 0.05) is 17.7 Å². The molecule has 0 saturated carbocycles. The van der Waals surface area contributed by atoms with E-state index in [1.165, 1.54) is 10.5 Å². The van der Waals surface area contributed by atoms with Crippen molar-refractivity contribution < 1.29 is 31.9 Å². The maximum atomic E-state index is 12.7. The van der Waals surface area contributed by atoms with Crippen molar-refractivity contribution in [3.8, 4) is 0 Å². The van der Waals surface area contributed by atoms with E-state index in [0.717, 1.165) is 37.8 Å². The summed E-state index contributed by atoms with van der Waals surface area (Å²) in [5.74, 6) is -0.416. The zero-order valence-corrected chi connectivity index (χ0v) is 15.7. The minimum Gasteiger partial charge on any atom is -1.00 e. The summed E-state index contributed by atoms with van der Waals surface area (Å²) in [6, 6.07) is 13.1. The standard InChI is InChI=1S/C18H18N4O5.ClH/c23-18(15-10-16(21(24)25)12-17(11-15)22(26)27)20-8-6-19(7-9-20)13-14-4-2-1-3-5-14;/h1-5,10-12H,6-9,13H2;1H. The molecule has 1 heterocycles. The fourth-order valence-corrected chi connectivity index (χ4v) is 3.20. The normalized spacial score (nSPS) is 14.2. The zero-order chi connectivity index (χ0) is 19.4. The number of carbonyl (C=O) groups is 1. The third-order valence-corrected chi connectivity index (χ3v) is 4.63. The number of carbonyl (C=O) groups excluding carboxylic acids is 1. The van der Waals surface area contributed by atoms with Crippen molar-refractivity contribution >= 4 is 17.3 Å². The Balaban J connectivity index is 0.00000280. The van der Waals surface area contributed by atoms with Crippen molar-refractivity contribution in [3.05, 3.63) is 79.9 Å². The van der Waals surface area contributed by atoms with Gasteiger partial charge in [-0.15, -0.1) is 0 Å². The first-order chi connectivity index (χ1) is 12.9. The highest BCUT2D eigenvalue weighted by atomic mass is 35.5. The van der Waals surface area contributed by atoms with E-state index < -0.39 is 27.1 Å². The Bertz CT molecular complexity index is 837. The van der Waals surface area contributed by atoms with Crippen LogP contribution >= 0.6 is 0 Å². The van der Waals surface area contributed by atoms with Gasteiger partial charge in [0.25, 0.3) is 17.3 Å². The number of non-ortho nitro benzene ring substituents is 2.